The van der Waals surface area contributed by atoms with Crippen molar-refractivity contribution in [1.29, 1.82) is 0 Å². The van der Waals surface area contributed by atoms with Gasteiger partial charge in [-0.05, 0) is 12.8 Å². The Morgan fingerprint density at radius 3 is 2.32 bits per heavy atom. The maximum Gasteiger partial charge on any atom is 0.237 e. The monoisotopic (exact) mass is 272 g/mol. The lowest BCUT2D eigenvalue weighted by Crippen LogP contribution is -2.45. The van der Waals surface area contributed by atoms with Crippen LogP contribution in [0.2, 0.25) is 0 Å². The molecule has 110 valence electrons. The normalized spacial score (nSPS) is 13.1. The molecule has 0 aromatic carbocycles. The Hall–Kier alpha value is -1.79. The molecule has 7 nitrogen and oxygen atoms in total. The van der Waals surface area contributed by atoms with E-state index in [0.717, 1.165) is 12.8 Å². The molecule has 2 amide bonds. The average Bonchev–Trinajstić information content (AvgIpc) is 2.38. The standard InChI is InChI=1S/C12H24N4O3/c1-3-5-7-16(8-10(13)17)12(18)9(6-4-2)11(14)15-19/h9,19H,3-8H2,1-2H3,(H2,13,17)(H2,14,15). The smallest absolute Gasteiger partial charge is 0.237 e. The van der Waals surface area contributed by atoms with E-state index in [0.29, 0.717) is 19.4 Å². The topological polar surface area (TPSA) is 122 Å². The number of primary amides is 1. The Balaban J connectivity index is 4.93. The number of nitrogens with zero attached hydrogens (tertiary/aromatic N) is 2. The van der Waals surface area contributed by atoms with E-state index in [1.54, 1.807) is 0 Å². The van der Waals surface area contributed by atoms with Crippen LogP contribution in [-0.4, -0.2) is 40.8 Å². The molecule has 0 aliphatic rings. The Kier molecular flexibility index (Phi) is 8.32. The van der Waals surface area contributed by atoms with Gasteiger partial charge in [-0.3, -0.25) is 9.59 Å². The van der Waals surface area contributed by atoms with E-state index in [-0.39, 0.29) is 18.3 Å². The summed E-state index contributed by atoms with van der Waals surface area (Å²) in [7, 11) is 0. The van der Waals surface area contributed by atoms with Crippen molar-refractivity contribution in [1.82, 2.24) is 4.90 Å². The fraction of sp³-hybridized carbons (Fsp3) is 0.750. The van der Waals surface area contributed by atoms with E-state index in [9.17, 15) is 9.59 Å². The van der Waals surface area contributed by atoms with Crippen molar-refractivity contribution in [3.05, 3.63) is 0 Å². The number of carbonyl (C=O) groups is 2. The Morgan fingerprint density at radius 1 is 1.26 bits per heavy atom. The molecule has 0 fully saturated rings. The summed E-state index contributed by atoms with van der Waals surface area (Å²) in [6.07, 6.45) is 2.85. The van der Waals surface area contributed by atoms with Crippen molar-refractivity contribution in [3.63, 3.8) is 0 Å². The molecule has 0 rings (SSSR count). The Labute approximate surface area is 113 Å². The van der Waals surface area contributed by atoms with Crippen LogP contribution in [0.3, 0.4) is 0 Å². The number of nitrogens with two attached hydrogens (primary N) is 2. The van der Waals surface area contributed by atoms with E-state index < -0.39 is 11.8 Å². The minimum Gasteiger partial charge on any atom is -0.409 e. The highest BCUT2D eigenvalue weighted by Crippen LogP contribution is 2.12. The van der Waals surface area contributed by atoms with Crippen molar-refractivity contribution in [2.24, 2.45) is 22.5 Å². The first-order valence-corrected chi connectivity index (χ1v) is 6.52. The minimum absolute atomic E-state index is 0.127. The van der Waals surface area contributed by atoms with Crippen LogP contribution in [0.5, 0.6) is 0 Å². The average molecular weight is 272 g/mol. The van der Waals surface area contributed by atoms with Crippen molar-refractivity contribution < 1.29 is 14.8 Å². The van der Waals surface area contributed by atoms with Gasteiger partial charge >= 0.3 is 0 Å². The maximum absolute atomic E-state index is 12.3. The number of unbranched alkanes of at least 4 members (excludes halogenated alkanes) is 1. The zero-order valence-corrected chi connectivity index (χ0v) is 11.6. The van der Waals surface area contributed by atoms with Gasteiger partial charge in [-0.1, -0.05) is 31.8 Å². The Morgan fingerprint density at radius 2 is 1.89 bits per heavy atom. The molecule has 0 aliphatic carbocycles. The van der Waals surface area contributed by atoms with Gasteiger partial charge in [0.1, 0.15) is 0 Å². The predicted molar refractivity (Wildman–Crippen MR) is 72.5 cm³/mol. The fourth-order valence-electron chi connectivity index (χ4n) is 1.78. The molecule has 1 atom stereocenters. The van der Waals surface area contributed by atoms with Gasteiger partial charge in [0.2, 0.25) is 11.8 Å². The highest BCUT2D eigenvalue weighted by molar-refractivity contribution is 6.02. The van der Waals surface area contributed by atoms with E-state index in [2.05, 4.69) is 5.16 Å². The van der Waals surface area contributed by atoms with E-state index in [1.807, 2.05) is 13.8 Å². The van der Waals surface area contributed by atoms with Gasteiger partial charge in [0.15, 0.2) is 5.84 Å². The summed E-state index contributed by atoms with van der Waals surface area (Å²) in [6.45, 7) is 4.18. The van der Waals surface area contributed by atoms with Gasteiger partial charge in [0.25, 0.3) is 0 Å². The van der Waals surface area contributed by atoms with Crippen LogP contribution in [0.1, 0.15) is 39.5 Å². The van der Waals surface area contributed by atoms with Crippen LogP contribution in [0.25, 0.3) is 0 Å². The van der Waals surface area contributed by atoms with Crippen molar-refractivity contribution in [3.8, 4) is 0 Å². The van der Waals surface area contributed by atoms with Gasteiger partial charge in [0.05, 0.1) is 12.5 Å². The number of oxime groups is 1. The molecule has 0 bridgehead atoms. The molecule has 19 heavy (non-hydrogen) atoms. The van der Waals surface area contributed by atoms with Gasteiger partial charge < -0.3 is 21.6 Å². The zero-order chi connectivity index (χ0) is 14.8. The van der Waals surface area contributed by atoms with Gasteiger partial charge in [-0.15, -0.1) is 0 Å². The van der Waals surface area contributed by atoms with Crippen LogP contribution >= 0.6 is 0 Å². The first kappa shape index (κ1) is 17.2. The molecule has 1 unspecified atom stereocenters. The summed E-state index contributed by atoms with van der Waals surface area (Å²) in [5.41, 5.74) is 10.7. The van der Waals surface area contributed by atoms with Crippen LogP contribution < -0.4 is 11.5 Å². The third-order valence-electron chi connectivity index (χ3n) is 2.79. The first-order valence-electron chi connectivity index (χ1n) is 6.52. The number of amidine groups is 1. The SMILES string of the molecule is CCCCN(CC(N)=O)C(=O)C(CCC)C(N)=NO. The lowest BCUT2D eigenvalue weighted by Gasteiger charge is -2.25. The highest BCUT2D eigenvalue weighted by atomic mass is 16.4. The van der Waals surface area contributed by atoms with Crippen molar-refractivity contribution in [2.75, 3.05) is 13.1 Å². The maximum atomic E-state index is 12.3. The Bertz CT molecular complexity index is 331. The minimum atomic E-state index is -0.703. The van der Waals surface area contributed by atoms with Crippen molar-refractivity contribution >= 4 is 17.6 Å². The third-order valence-corrected chi connectivity index (χ3v) is 2.79. The summed E-state index contributed by atoms with van der Waals surface area (Å²) in [5, 5.41) is 11.6. The van der Waals surface area contributed by atoms with E-state index in [1.165, 1.54) is 4.90 Å². The molecule has 5 N–H and O–H groups in total. The molecule has 0 aromatic rings. The summed E-state index contributed by atoms with van der Waals surface area (Å²) >= 11 is 0. The molecule has 0 saturated heterocycles. The molecular weight excluding hydrogens is 248 g/mol. The van der Waals surface area contributed by atoms with E-state index >= 15 is 0 Å². The number of carbonyl (C=O) groups excluding carboxylic acids is 2. The second-order valence-electron chi connectivity index (χ2n) is 4.45. The zero-order valence-electron chi connectivity index (χ0n) is 11.6. The van der Waals surface area contributed by atoms with Crippen LogP contribution in [0.4, 0.5) is 0 Å². The number of hydrogen-bond donors (Lipinski definition) is 3. The van der Waals surface area contributed by atoms with Gasteiger partial charge in [0, 0.05) is 6.54 Å². The molecule has 0 heterocycles. The first-order chi connectivity index (χ1) is 8.97. The number of hydrogen-bond acceptors (Lipinski definition) is 4. The van der Waals surface area contributed by atoms with Crippen LogP contribution in [-0.2, 0) is 9.59 Å². The summed E-state index contributed by atoms with van der Waals surface area (Å²) in [6, 6.07) is 0. The lowest BCUT2D eigenvalue weighted by molar-refractivity contribution is -0.137. The molecule has 0 saturated carbocycles. The molecule has 0 aromatic heterocycles. The van der Waals surface area contributed by atoms with Gasteiger partial charge in [-0.25, -0.2) is 0 Å². The predicted octanol–water partition coefficient (Wildman–Crippen LogP) is 0.263. The molecule has 0 spiro atoms. The molecule has 0 radical (unpaired) electrons. The molecular formula is C12H24N4O3. The fourth-order valence-corrected chi connectivity index (χ4v) is 1.78. The summed E-state index contributed by atoms with van der Waals surface area (Å²) in [5.74, 6) is -1.72. The molecule has 7 heteroatoms. The highest BCUT2D eigenvalue weighted by Gasteiger charge is 2.27. The number of rotatable bonds is 9. The molecule has 0 aliphatic heterocycles. The third kappa shape index (κ3) is 6.08. The van der Waals surface area contributed by atoms with E-state index in [4.69, 9.17) is 16.7 Å². The van der Waals surface area contributed by atoms with Crippen molar-refractivity contribution in [2.45, 2.75) is 39.5 Å². The lowest BCUT2D eigenvalue weighted by atomic mass is 10.0. The summed E-state index contributed by atoms with van der Waals surface area (Å²) < 4.78 is 0. The van der Waals surface area contributed by atoms with Crippen LogP contribution in [0, 0.1) is 5.92 Å². The van der Waals surface area contributed by atoms with Gasteiger partial charge in [-0.2, -0.15) is 0 Å². The quantitative estimate of drug-likeness (QED) is 0.241. The largest absolute Gasteiger partial charge is 0.409 e. The summed E-state index contributed by atoms with van der Waals surface area (Å²) in [4.78, 5) is 24.7. The second-order valence-corrected chi connectivity index (χ2v) is 4.45. The van der Waals surface area contributed by atoms with Crippen LogP contribution in [0.15, 0.2) is 5.16 Å². The number of amides is 2. The second kappa shape index (κ2) is 9.18.